The number of hydrogen-bond donors (Lipinski definition) is 1. The Labute approximate surface area is 207 Å². The second-order valence-corrected chi connectivity index (χ2v) is 9.07. The quantitative estimate of drug-likeness (QED) is 0.492. The number of amides is 1. The van der Waals surface area contributed by atoms with E-state index in [1.54, 1.807) is 10.6 Å². The van der Waals surface area contributed by atoms with Crippen molar-refractivity contribution >= 4 is 22.6 Å². The number of piperazine rings is 1. The largest absolute Gasteiger partial charge is 0.363 e. The van der Waals surface area contributed by atoms with E-state index < -0.39 is 0 Å². The van der Waals surface area contributed by atoms with Crippen molar-refractivity contribution < 1.29 is 4.79 Å². The molecule has 0 saturated carbocycles. The lowest BCUT2D eigenvalue weighted by atomic mass is 9.98. The molecule has 1 amide bonds. The molecule has 0 spiro atoms. The zero-order valence-corrected chi connectivity index (χ0v) is 20.9. The van der Waals surface area contributed by atoms with Crippen LogP contribution in [0.2, 0.25) is 0 Å². The topological polar surface area (TPSA) is 70.5 Å². The van der Waals surface area contributed by atoms with Gasteiger partial charge in [0.1, 0.15) is 5.82 Å². The molecule has 3 aromatic rings. The molecule has 35 heavy (non-hydrogen) atoms. The van der Waals surface area contributed by atoms with Crippen molar-refractivity contribution in [2.24, 2.45) is 0 Å². The van der Waals surface area contributed by atoms with Gasteiger partial charge in [0.05, 0.1) is 5.52 Å². The number of fused-ring (bicyclic) bond motifs is 1. The molecule has 1 aromatic carbocycles. The smallest absolute Gasteiger partial charge is 0.251 e. The zero-order valence-electron chi connectivity index (χ0n) is 20.9. The van der Waals surface area contributed by atoms with Crippen LogP contribution in [-0.2, 0) is 11.3 Å². The molecule has 1 aliphatic rings. The summed E-state index contributed by atoms with van der Waals surface area (Å²) >= 11 is 0. The van der Waals surface area contributed by atoms with Crippen LogP contribution in [0, 0.1) is 0 Å². The highest BCUT2D eigenvalue weighted by Crippen LogP contribution is 2.28. The van der Waals surface area contributed by atoms with Crippen LogP contribution in [-0.4, -0.2) is 51.4 Å². The van der Waals surface area contributed by atoms with E-state index in [2.05, 4.69) is 59.9 Å². The fourth-order valence-corrected chi connectivity index (χ4v) is 4.99. The molecule has 0 radical (unpaired) electrons. The molecule has 1 fully saturated rings. The number of carbonyl (C=O) groups excluding carboxylic acids is 1. The van der Waals surface area contributed by atoms with Crippen molar-refractivity contribution in [3.8, 4) is 0 Å². The molecule has 3 heterocycles. The third-order valence-electron chi connectivity index (χ3n) is 7.00. The van der Waals surface area contributed by atoms with E-state index >= 15 is 0 Å². The molecule has 0 bridgehead atoms. The first-order chi connectivity index (χ1) is 16.9. The Kier molecular flexibility index (Phi) is 7.66. The Morgan fingerprint density at radius 2 is 1.77 bits per heavy atom. The Hall–Kier alpha value is -3.45. The van der Waals surface area contributed by atoms with Gasteiger partial charge in [0.2, 0.25) is 5.91 Å². The summed E-state index contributed by atoms with van der Waals surface area (Å²) in [5.41, 5.74) is 3.36. The van der Waals surface area contributed by atoms with Crippen LogP contribution in [0.15, 0.2) is 66.1 Å². The summed E-state index contributed by atoms with van der Waals surface area (Å²) in [6.07, 6.45) is 4.23. The van der Waals surface area contributed by atoms with E-state index in [0.29, 0.717) is 12.6 Å². The Balaban J connectivity index is 1.45. The number of anilines is 1. The minimum absolute atomic E-state index is 0.0000149. The number of rotatable bonds is 8. The summed E-state index contributed by atoms with van der Waals surface area (Å²) in [7, 11) is 0. The molecule has 7 nitrogen and oxygen atoms in total. The average molecular weight is 474 g/mol. The van der Waals surface area contributed by atoms with E-state index in [-0.39, 0.29) is 17.5 Å². The molecular formula is C28H35N5O2. The lowest BCUT2D eigenvalue weighted by Gasteiger charge is -2.39. The van der Waals surface area contributed by atoms with Gasteiger partial charge in [-0.25, -0.2) is 4.98 Å². The summed E-state index contributed by atoms with van der Waals surface area (Å²) in [5, 5.41) is 4.44. The SMILES string of the molecule is C=CC(=O)N1CCN(C(CC)c2ccc(C(C)Nc3cc4c(ccc(=O)n4CC)cn3)cc2)CC1. The maximum absolute atomic E-state index is 12.2. The van der Waals surface area contributed by atoms with Crippen LogP contribution in [0.4, 0.5) is 5.82 Å². The first-order valence-corrected chi connectivity index (χ1v) is 12.5. The van der Waals surface area contributed by atoms with Gasteiger partial charge in [0.15, 0.2) is 0 Å². The van der Waals surface area contributed by atoms with Crippen LogP contribution in [0.1, 0.15) is 50.4 Å². The normalized spacial score (nSPS) is 16.1. The first kappa shape index (κ1) is 24.7. The minimum Gasteiger partial charge on any atom is -0.363 e. The van der Waals surface area contributed by atoms with E-state index in [0.717, 1.165) is 49.3 Å². The van der Waals surface area contributed by atoms with Crippen LogP contribution < -0.4 is 10.9 Å². The molecule has 1 aliphatic heterocycles. The van der Waals surface area contributed by atoms with Crippen LogP contribution in [0.5, 0.6) is 0 Å². The summed E-state index contributed by atoms with van der Waals surface area (Å²) in [6.45, 7) is 13.7. The fraction of sp³-hybridized carbons (Fsp3) is 0.393. The number of pyridine rings is 2. The van der Waals surface area contributed by atoms with Crippen molar-refractivity contribution in [1.82, 2.24) is 19.4 Å². The Morgan fingerprint density at radius 3 is 2.40 bits per heavy atom. The van der Waals surface area contributed by atoms with Gasteiger partial charge in [-0.3, -0.25) is 14.5 Å². The van der Waals surface area contributed by atoms with Gasteiger partial charge in [0.25, 0.3) is 5.56 Å². The number of aryl methyl sites for hydroxylation is 1. The Bertz CT molecular complexity index is 1240. The molecule has 7 heteroatoms. The lowest BCUT2D eigenvalue weighted by Crippen LogP contribution is -2.49. The highest BCUT2D eigenvalue weighted by atomic mass is 16.2. The summed E-state index contributed by atoms with van der Waals surface area (Å²) in [5.74, 6) is 0.766. The fourth-order valence-electron chi connectivity index (χ4n) is 4.99. The van der Waals surface area contributed by atoms with Crippen molar-refractivity contribution in [3.05, 3.63) is 82.8 Å². The van der Waals surface area contributed by atoms with Gasteiger partial charge in [-0.2, -0.15) is 0 Å². The van der Waals surface area contributed by atoms with Gasteiger partial charge in [0, 0.05) is 68.5 Å². The molecule has 0 aliphatic carbocycles. The molecule has 2 atom stereocenters. The van der Waals surface area contributed by atoms with Crippen molar-refractivity contribution in [2.45, 2.75) is 45.8 Å². The van der Waals surface area contributed by atoms with Crippen LogP contribution in [0.3, 0.4) is 0 Å². The third-order valence-corrected chi connectivity index (χ3v) is 7.00. The van der Waals surface area contributed by atoms with E-state index in [9.17, 15) is 9.59 Å². The van der Waals surface area contributed by atoms with Gasteiger partial charge in [-0.15, -0.1) is 0 Å². The van der Waals surface area contributed by atoms with Crippen LogP contribution in [0.25, 0.3) is 10.9 Å². The van der Waals surface area contributed by atoms with Gasteiger partial charge in [-0.05, 0) is 43.5 Å². The summed E-state index contributed by atoms with van der Waals surface area (Å²) < 4.78 is 1.76. The summed E-state index contributed by atoms with van der Waals surface area (Å²) in [6, 6.07) is 14.5. The average Bonchev–Trinajstić information content (AvgIpc) is 2.89. The molecular weight excluding hydrogens is 438 g/mol. The van der Waals surface area contributed by atoms with Crippen LogP contribution >= 0.6 is 0 Å². The first-order valence-electron chi connectivity index (χ1n) is 12.5. The van der Waals surface area contributed by atoms with Gasteiger partial charge < -0.3 is 14.8 Å². The van der Waals surface area contributed by atoms with E-state index in [1.807, 2.05) is 30.2 Å². The van der Waals surface area contributed by atoms with Crippen molar-refractivity contribution in [2.75, 3.05) is 31.5 Å². The molecule has 2 unspecified atom stereocenters. The summed E-state index contributed by atoms with van der Waals surface area (Å²) in [4.78, 5) is 33.0. The number of nitrogens with one attached hydrogen (secondary N) is 1. The minimum atomic E-state index is -0.0000149. The molecule has 184 valence electrons. The monoisotopic (exact) mass is 473 g/mol. The highest BCUT2D eigenvalue weighted by molar-refractivity contribution is 5.87. The molecule has 4 rings (SSSR count). The molecule has 1 N–H and O–H groups in total. The lowest BCUT2D eigenvalue weighted by molar-refractivity contribution is -0.128. The predicted octanol–water partition coefficient (Wildman–Crippen LogP) is 4.37. The highest BCUT2D eigenvalue weighted by Gasteiger charge is 2.25. The Morgan fingerprint density at radius 1 is 1.09 bits per heavy atom. The van der Waals surface area contributed by atoms with Crippen molar-refractivity contribution in [3.63, 3.8) is 0 Å². The van der Waals surface area contributed by atoms with Gasteiger partial charge in [-0.1, -0.05) is 37.8 Å². The second kappa shape index (κ2) is 10.9. The number of aromatic nitrogens is 2. The molecule has 2 aromatic heterocycles. The zero-order chi connectivity index (χ0) is 24.9. The van der Waals surface area contributed by atoms with Crippen molar-refractivity contribution in [1.29, 1.82) is 0 Å². The van der Waals surface area contributed by atoms with Gasteiger partial charge >= 0.3 is 0 Å². The number of benzene rings is 1. The standard InChI is InChI=1S/C28H35N5O2/c1-5-24(31-14-16-32(17-15-31)27(34)6-2)22-10-8-21(9-11-22)20(4)30-26-18-25-23(19-29-26)12-13-28(35)33(25)7-3/h6,8-13,18-20,24H,2,5,7,14-17H2,1,3-4H3,(H,29,30). The van der Waals surface area contributed by atoms with E-state index in [4.69, 9.17) is 0 Å². The number of hydrogen-bond acceptors (Lipinski definition) is 5. The number of nitrogens with zero attached hydrogens (tertiary/aromatic N) is 4. The predicted molar refractivity (Wildman–Crippen MR) is 142 cm³/mol. The maximum atomic E-state index is 12.2. The third kappa shape index (κ3) is 5.30. The second-order valence-electron chi connectivity index (χ2n) is 9.07. The van der Waals surface area contributed by atoms with E-state index in [1.165, 1.54) is 17.2 Å². The molecule has 1 saturated heterocycles. The number of carbonyl (C=O) groups is 1. The maximum Gasteiger partial charge on any atom is 0.251 e.